The monoisotopic (exact) mass is 756 g/mol. The van der Waals surface area contributed by atoms with Gasteiger partial charge in [-0.2, -0.15) is 41.0 Å². The van der Waals surface area contributed by atoms with Crippen LogP contribution in [0, 0.1) is 41.2 Å². The van der Waals surface area contributed by atoms with Crippen molar-refractivity contribution in [1.82, 2.24) is 0 Å². The van der Waals surface area contributed by atoms with E-state index >= 15 is 0 Å². The topological polar surface area (TPSA) is 0 Å². The fraction of sp³-hybridized carbons (Fsp3) is 0.489. The van der Waals surface area contributed by atoms with Crippen LogP contribution in [-0.2, 0) is 41.5 Å². The van der Waals surface area contributed by atoms with Crippen molar-refractivity contribution < 1.29 is 24.2 Å². The van der Waals surface area contributed by atoms with Crippen LogP contribution in [0.5, 0.6) is 0 Å². The molecule has 0 aromatic heterocycles. The van der Waals surface area contributed by atoms with E-state index in [0.717, 1.165) is 24.2 Å². The van der Waals surface area contributed by atoms with E-state index in [0.29, 0.717) is 11.3 Å². The molecule has 0 radical (unpaired) electrons. The van der Waals surface area contributed by atoms with Gasteiger partial charge in [-0.1, -0.05) is 114 Å². The summed E-state index contributed by atoms with van der Waals surface area (Å²) in [5, 5.41) is 0. The fourth-order valence-electron chi connectivity index (χ4n) is 9.05. The zero-order valence-electron chi connectivity index (χ0n) is 30.5. The van der Waals surface area contributed by atoms with Gasteiger partial charge in [0.2, 0.25) is 0 Å². The fourth-order valence-corrected chi connectivity index (χ4v) is 9.46. The predicted molar refractivity (Wildman–Crippen MR) is 207 cm³/mol. The number of hydrogen-bond acceptors (Lipinski definition) is 0. The van der Waals surface area contributed by atoms with Crippen molar-refractivity contribution in [2.45, 2.75) is 111 Å². The molecule has 4 saturated carbocycles. The quantitative estimate of drug-likeness (QED) is 0.179. The zero-order valence-corrected chi connectivity index (χ0v) is 34.6. The van der Waals surface area contributed by atoms with Crippen molar-refractivity contribution in [1.29, 1.82) is 0 Å². The number of halogens is 2. The molecule has 0 saturated heterocycles. The van der Waals surface area contributed by atoms with Crippen molar-refractivity contribution in [3.63, 3.8) is 0 Å². The first-order valence-electron chi connectivity index (χ1n) is 17.8. The minimum absolute atomic E-state index is 0. The SMILES string of the molecule is CC(C)(C)c1c[c-]c2c(c1)-c1cc(C(C)(C)C)ccc1C2.CC1[C-]=CC(C23CC4CC(CC(C4)C2)C3)=C1.C[C](=[Zr+2])c1ccccc1.Cl.Cl. The Morgan fingerprint density at radius 3 is 1.81 bits per heavy atom. The first kappa shape index (κ1) is 39.3. The maximum Gasteiger partial charge on any atom is -0.147 e. The summed E-state index contributed by atoms with van der Waals surface area (Å²) in [6, 6.07) is 25.5. The van der Waals surface area contributed by atoms with Crippen molar-refractivity contribution >= 4 is 28.0 Å². The van der Waals surface area contributed by atoms with Crippen molar-refractivity contribution in [2.24, 2.45) is 29.1 Å². The summed E-state index contributed by atoms with van der Waals surface area (Å²) in [5.74, 6) is 3.77. The molecule has 0 nitrogen and oxygen atoms in total. The number of fused-ring (bicyclic) bond motifs is 3. The van der Waals surface area contributed by atoms with Crippen molar-refractivity contribution in [2.75, 3.05) is 0 Å². The smallest absolute Gasteiger partial charge is 0.147 e. The minimum atomic E-state index is 0. The molecule has 0 spiro atoms. The van der Waals surface area contributed by atoms with Crippen molar-refractivity contribution in [3.05, 3.63) is 118 Å². The molecule has 0 aliphatic heterocycles. The second-order valence-electron chi connectivity index (χ2n) is 17.2. The van der Waals surface area contributed by atoms with E-state index in [4.69, 9.17) is 0 Å². The third-order valence-corrected chi connectivity index (χ3v) is 12.0. The van der Waals surface area contributed by atoms with Gasteiger partial charge in [0.25, 0.3) is 0 Å². The second kappa shape index (κ2) is 15.4. The van der Waals surface area contributed by atoms with E-state index in [9.17, 15) is 0 Å². The standard InChI is InChI=1S/C21H25.C16H21.C8H8.2ClH.Zr/c1-20(2,3)16-9-7-14-11-15-8-10-17(21(4,5)6)13-19(15)18(14)12-16;1-11-2-3-15(4-11)16-8-12-5-13(9-16)7-14(6-12)10-16;1-2-8-6-4-3-5-7-8;;;/h7,9-10,12-13H,11H2,1-6H3;3-4,11-14H,5-10H2,1H3;3-7H,1H3;2*1H;/q2*-1;;;;+2. The summed E-state index contributed by atoms with van der Waals surface area (Å²) in [5.41, 5.74) is 12.4. The van der Waals surface area contributed by atoms with Crippen LogP contribution in [0.4, 0.5) is 0 Å². The van der Waals surface area contributed by atoms with E-state index in [1.54, 1.807) is 24.8 Å². The van der Waals surface area contributed by atoms with Gasteiger partial charge in [-0.05, 0) is 54.4 Å². The molecular formula is C45H56Cl2Zr. The number of rotatable bonds is 2. The molecule has 9 rings (SSSR count). The molecule has 3 aromatic rings. The Morgan fingerprint density at radius 1 is 0.771 bits per heavy atom. The van der Waals surface area contributed by atoms with Crippen LogP contribution in [0.2, 0.25) is 0 Å². The molecule has 254 valence electrons. The van der Waals surface area contributed by atoms with Gasteiger partial charge in [0.15, 0.2) is 0 Å². The van der Waals surface area contributed by atoms with E-state index in [-0.39, 0.29) is 35.6 Å². The van der Waals surface area contributed by atoms with Gasteiger partial charge in [-0.25, -0.2) is 6.08 Å². The zero-order chi connectivity index (χ0) is 32.9. The van der Waals surface area contributed by atoms with Crippen LogP contribution in [0.25, 0.3) is 11.1 Å². The molecular weight excluding hydrogens is 703 g/mol. The molecule has 4 fully saturated rings. The molecule has 3 aromatic carbocycles. The summed E-state index contributed by atoms with van der Waals surface area (Å²) in [7, 11) is 0. The number of benzene rings is 3. The average Bonchev–Trinajstić information content (AvgIpc) is 3.60. The Kier molecular flexibility index (Phi) is 12.6. The van der Waals surface area contributed by atoms with Crippen LogP contribution in [-0.4, -0.2) is 3.21 Å². The van der Waals surface area contributed by atoms with Crippen molar-refractivity contribution in [3.8, 4) is 11.1 Å². The summed E-state index contributed by atoms with van der Waals surface area (Å²) >= 11 is 1.51. The summed E-state index contributed by atoms with van der Waals surface area (Å²) in [6.45, 7) is 18.1. The number of allylic oxidation sites excluding steroid dienone is 4. The minimum Gasteiger partial charge on any atom is -0.147 e. The van der Waals surface area contributed by atoms with Crippen LogP contribution in [0.1, 0.15) is 122 Å². The Morgan fingerprint density at radius 2 is 1.33 bits per heavy atom. The Bertz CT molecular complexity index is 1550. The van der Waals surface area contributed by atoms with Gasteiger partial charge in [-0.15, -0.1) is 30.4 Å². The van der Waals surface area contributed by atoms with Gasteiger partial charge in [0.05, 0.1) is 0 Å². The van der Waals surface area contributed by atoms with Crippen LogP contribution in [0.15, 0.2) is 78.4 Å². The van der Waals surface area contributed by atoms with E-state index in [1.165, 1.54) is 85.6 Å². The third kappa shape index (κ3) is 8.67. The second-order valence-corrected chi connectivity index (χ2v) is 19.1. The largest absolute Gasteiger partial charge is 0.147 e. The molecule has 6 aliphatic rings. The predicted octanol–water partition coefficient (Wildman–Crippen LogP) is 12.4. The third-order valence-electron chi connectivity index (χ3n) is 11.3. The first-order chi connectivity index (χ1) is 21.7. The first-order valence-corrected chi connectivity index (χ1v) is 19.0. The van der Waals surface area contributed by atoms with Crippen LogP contribution >= 0.6 is 24.8 Å². The van der Waals surface area contributed by atoms with Gasteiger partial charge >= 0.3 is 70.3 Å². The van der Waals surface area contributed by atoms with Crippen LogP contribution < -0.4 is 0 Å². The normalized spacial score (nSPS) is 25.7. The number of hydrogen-bond donors (Lipinski definition) is 0. The van der Waals surface area contributed by atoms with Gasteiger partial charge in [0.1, 0.15) is 0 Å². The van der Waals surface area contributed by atoms with Gasteiger partial charge in [-0.3, -0.25) is 6.08 Å². The van der Waals surface area contributed by atoms with E-state index in [2.05, 4.69) is 134 Å². The summed E-state index contributed by atoms with van der Waals surface area (Å²) in [6.07, 6.45) is 18.5. The Hall–Kier alpha value is -1.53. The molecule has 3 heteroatoms. The summed E-state index contributed by atoms with van der Waals surface area (Å²) in [4.78, 5) is 0. The molecule has 1 unspecified atom stereocenters. The van der Waals surface area contributed by atoms with Gasteiger partial charge in [0, 0.05) is 0 Å². The molecule has 0 N–H and O–H groups in total. The summed E-state index contributed by atoms with van der Waals surface area (Å²) < 4.78 is 1.46. The Labute approximate surface area is 319 Å². The van der Waals surface area contributed by atoms with E-state index in [1.807, 2.05) is 6.07 Å². The van der Waals surface area contributed by atoms with E-state index < -0.39 is 0 Å². The molecule has 0 amide bonds. The maximum atomic E-state index is 3.53. The van der Waals surface area contributed by atoms with Crippen LogP contribution in [0.3, 0.4) is 0 Å². The molecule has 6 aliphatic carbocycles. The molecule has 0 heterocycles. The molecule has 48 heavy (non-hydrogen) atoms. The molecule has 1 atom stereocenters. The van der Waals surface area contributed by atoms with Gasteiger partial charge < -0.3 is 0 Å². The Balaban J connectivity index is 0.000000171. The average molecular weight is 759 g/mol. The molecule has 4 bridgehead atoms. The maximum absolute atomic E-state index is 3.53.